The summed E-state index contributed by atoms with van der Waals surface area (Å²) in [7, 11) is 2.99. The third kappa shape index (κ3) is 4.58. The van der Waals surface area contributed by atoms with Crippen molar-refractivity contribution in [2.75, 3.05) is 14.2 Å². The van der Waals surface area contributed by atoms with E-state index >= 15 is 0 Å². The number of esters is 1. The molecule has 0 aliphatic rings. The zero-order valence-electron chi connectivity index (χ0n) is 16.0. The van der Waals surface area contributed by atoms with E-state index in [0.29, 0.717) is 16.5 Å². The van der Waals surface area contributed by atoms with Crippen LogP contribution >= 0.6 is 11.3 Å². The van der Waals surface area contributed by atoms with Crippen LogP contribution in [-0.4, -0.2) is 40.7 Å². The Morgan fingerprint density at radius 2 is 1.93 bits per heavy atom. The van der Waals surface area contributed by atoms with Crippen LogP contribution in [0.5, 0.6) is 11.5 Å². The molecule has 0 saturated heterocycles. The van der Waals surface area contributed by atoms with Crippen LogP contribution < -0.4 is 9.47 Å². The second kappa shape index (κ2) is 8.70. The zero-order valence-corrected chi connectivity index (χ0v) is 16.8. The monoisotopic (exact) mass is 404 g/mol. The van der Waals surface area contributed by atoms with E-state index in [-0.39, 0.29) is 18.9 Å². The number of methoxy groups -OCH3 is 1. The molecule has 2 aromatic heterocycles. The number of fused-ring (bicyclic) bond motifs is 1. The third-order valence-corrected chi connectivity index (χ3v) is 4.77. The number of aryl methyl sites for hydroxylation is 1. The van der Waals surface area contributed by atoms with Crippen LogP contribution in [0.4, 0.5) is 0 Å². The Labute approximate surface area is 165 Å². The number of aromatic nitrogens is 3. The standard InChI is InChI=1S/C18H20N4O5S/c1-11-19-18-22(20-11)15(10-26-14-7-5-13(24-3)6-8-14)16(28-18)9-17(23)27-12(2)21-25-4/h5-8H,9-10H2,1-4H3. The number of hydrogen-bond donors (Lipinski definition) is 0. The van der Waals surface area contributed by atoms with E-state index in [1.807, 2.05) is 31.2 Å². The van der Waals surface area contributed by atoms with Gasteiger partial charge < -0.3 is 19.0 Å². The van der Waals surface area contributed by atoms with Crippen molar-refractivity contribution in [2.24, 2.45) is 5.16 Å². The lowest BCUT2D eigenvalue weighted by molar-refractivity contribution is -0.135. The quantitative estimate of drug-likeness (QED) is 0.258. The van der Waals surface area contributed by atoms with Gasteiger partial charge in [0.15, 0.2) is 0 Å². The fraction of sp³-hybridized carbons (Fsp3) is 0.333. The van der Waals surface area contributed by atoms with Crippen LogP contribution in [0.15, 0.2) is 29.4 Å². The van der Waals surface area contributed by atoms with Crippen LogP contribution in [0.25, 0.3) is 4.96 Å². The molecule has 0 aliphatic carbocycles. The fourth-order valence-corrected chi connectivity index (χ4v) is 3.60. The summed E-state index contributed by atoms with van der Waals surface area (Å²) in [5.74, 6) is 1.75. The SMILES string of the molecule is CON=C(C)OC(=O)Cc1sc2nc(C)nn2c1COc1ccc(OC)cc1. The Balaban J connectivity index is 1.79. The van der Waals surface area contributed by atoms with Crippen LogP contribution in [-0.2, 0) is 27.4 Å². The van der Waals surface area contributed by atoms with Crippen LogP contribution in [0, 0.1) is 6.92 Å². The van der Waals surface area contributed by atoms with Crippen molar-refractivity contribution < 1.29 is 23.8 Å². The lowest BCUT2D eigenvalue weighted by Crippen LogP contribution is -2.13. The number of hydrogen-bond acceptors (Lipinski definition) is 9. The maximum absolute atomic E-state index is 12.2. The van der Waals surface area contributed by atoms with Gasteiger partial charge in [-0.3, -0.25) is 4.79 Å². The number of ether oxygens (including phenoxy) is 3. The summed E-state index contributed by atoms with van der Waals surface area (Å²) in [6.45, 7) is 3.58. The Hall–Kier alpha value is -3.14. The summed E-state index contributed by atoms with van der Waals surface area (Å²) >= 11 is 1.37. The van der Waals surface area contributed by atoms with E-state index in [9.17, 15) is 4.79 Å². The van der Waals surface area contributed by atoms with Gasteiger partial charge >= 0.3 is 5.97 Å². The molecule has 0 amide bonds. The molecule has 0 radical (unpaired) electrons. The van der Waals surface area contributed by atoms with Gasteiger partial charge in [0.1, 0.15) is 31.0 Å². The van der Waals surface area contributed by atoms with Gasteiger partial charge in [-0.05, 0) is 31.2 Å². The molecule has 0 fully saturated rings. The Kier molecular flexibility index (Phi) is 6.09. The summed E-state index contributed by atoms with van der Waals surface area (Å²) in [4.78, 5) is 22.6. The van der Waals surface area contributed by atoms with E-state index in [2.05, 4.69) is 20.1 Å². The lowest BCUT2D eigenvalue weighted by Gasteiger charge is -2.08. The molecular weight excluding hydrogens is 384 g/mol. The molecule has 28 heavy (non-hydrogen) atoms. The van der Waals surface area contributed by atoms with Gasteiger partial charge in [0.05, 0.1) is 19.2 Å². The van der Waals surface area contributed by atoms with Crippen molar-refractivity contribution >= 4 is 28.2 Å². The number of thiazole rings is 1. The van der Waals surface area contributed by atoms with Gasteiger partial charge in [0, 0.05) is 11.8 Å². The smallest absolute Gasteiger partial charge is 0.317 e. The van der Waals surface area contributed by atoms with Crippen molar-refractivity contribution in [3.63, 3.8) is 0 Å². The first-order valence-electron chi connectivity index (χ1n) is 8.39. The molecular formula is C18H20N4O5S. The Bertz CT molecular complexity index is 993. The maximum Gasteiger partial charge on any atom is 0.317 e. The number of carbonyl (C=O) groups excluding carboxylic acids is 1. The molecule has 0 N–H and O–H groups in total. The molecule has 0 aliphatic heterocycles. The summed E-state index contributed by atoms with van der Waals surface area (Å²) in [5, 5.41) is 7.97. The second-order valence-corrected chi connectivity index (χ2v) is 6.80. The van der Waals surface area contributed by atoms with Crippen LogP contribution in [0.3, 0.4) is 0 Å². The maximum atomic E-state index is 12.2. The molecule has 0 spiro atoms. The zero-order chi connectivity index (χ0) is 20.1. The number of nitrogens with zero attached hydrogens (tertiary/aromatic N) is 4. The van der Waals surface area contributed by atoms with E-state index in [4.69, 9.17) is 14.2 Å². The Morgan fingerprint density at radius 3 is 2.61 bits per heavy atom. The minimum Gasteiger partial charge on any atom is -0.497 e. The summed E-state index contributed by atoms with van der Waals surface area (Å²) in [5.41, 5.74) is 0.745. The average molecular weight is 404 g/mol. The average Bonchev–Trinajstić information content (AvgIpc) is 3.16. The summed E-state index contributed by atoms with van der Waals surface area (Å²) < 4.78 is 17.8. The fourth-order valence-electron chi connectivity index (χ4n) is 2.51. The van der Waals surface area contributed by atoms with Gasteiger partial charge in [-0.15, -0.1) is 0 Å². The van der Waals surface area contributed by atoms with Crippen molar-refractivity contribution in [3.8, 4) is 11.5 Å². The first-order chi connectivity index (χ1) is 13.5. The third-order valence-electron chi connectivity index (χ3n) is 3.70. The first kappa shape index (κ1) is 19.6. The van der Waals surface area contributed by atoms with Crippen molar-refractivity contribution in [1.29, 1.82) is 0 Å². The van der Waals surface area contributed by atoms with Gasteiger partial charge in [0.2, 0.25) is 10.9 Å². The minimum absolute atomic E-state index is 0.0482. The highest BCUT2D eigenvalue weighted by Crippen LogP contribution is 2.25. The number of benzene rings is 1. The molecule has 0 saturated carbocycles. The van der Waals surface area contributed by atoms with Gasteiger partial charge in [-0.1, -0.05) is 16.5 Å². The van der Waals surface area contributed by atoms with Crippen molar-refractivity contribution in [2.45, 2.75) is 26.9 Å². The lowest BCUT2D eigenvalue weighted by atomic mass is 10.3. The molecule has 3 rings (SSSR count). The predicted molar refractivity (Wildman–Crippen MR) is 103 cm³/mol. The highest BCUT2D eigenvalue weighted by atomic mass is 32.1. The van der Waals surface area contributed by atoms with Crippen LogP contribution in [0.2, 0.25) is 0 Å². The van der Waals surface area contributed by atoms with Gasteiger partial charge in [-0.25, -0.2) is 9.50 Å². The highest BCUT2D eigenvalue weighted by molar-refractivity contribution is 7.17. The molecule has 148 valence electrons. The first-order valence-corrected chi connectivity index (χ1v) is 9.21. The van der Waals surface area contributed by atoms with Crippen molar-refractivity contribution in [1.82, 2.24) is 14.6 Å². The number of carbonyl (C=O) groups is 1. The Morgan fingerprint density at radius 1 is 1.21 bits per heavy atom. The molecule has 3 aromatic rings. The largest absolute Gasteiger partial charge is 0.497 e. The van der Waals surface area contributed by atoms with Crippen LogP contribution in [0.1, 0.15) is 23.3 Å². The van der Waals surface area contributed by atoms with Gasteiger partial charge in [0.25, 0.3) is 0 Å². The molecule has 9 nitrogen and oxygen atoms in total. The summed E-state index contributed by atoms with van der Waals surface area (Å²) in [6.07, 6.45) is 0.0482. The molecule has 0 unspecified atom stereocenters. The predicted octanol–water partition coefficient (Wildman–Crippen LogP) is 2.75. The molecule has 0 atom stereocenters. The molecule has 0 bridgehead atoms. The van der Waals surface area contributed by atoms with E-state index in [1.165, 1.54) is 18.4 Å². The second-order valence-electron chi connectivity index (χ2n) is 5.73. The highest BCUT2D eigenvalue weighted by Gasteiger charge is 2.20. The van der Waals surface area contributed by atoms with E-state index in [1.54, 1.807) is 18.5 Å². The number of oxime groups is 1. The molecule has 2 heterocycles. The summed E-state index contributed by atoms with van der Waals surface area (Å²) in [6, 6.07) is 7.25. The molecule has 1 aromatic carbocycles. The van der Waals surface area contributed by atoms with Crippen molar-refractivity contribution in [3.05, 3.63) is 40.7 Å². The van der Waals surface area contributed by atoms with E-state index in [0.717, 1.165) is 16.3 Å². The number of rotatable bonds is 7. The van der Waals surface area contributed by atoms with Gasteiger partial charge in [-0.2, -0.15) is 5.10 Å². The topological polar surface area (TPSA) is 96.5 Å². The normalized spacial score (nSPS) is 11.5. The molecule has 10 heteroatoms. The minimum atomic E-state index is -0.453. The van der Waals surface area contributed by atoms with E-state index < -0.39 is 5.97 Å².